The summed E-state index contributed by atoms with van der Waals surface area (Å²) in [6.45, 7) is 0. The molecule has 1 saturated heterocycles. The second-order valence-corrected chi connectivity index (χ2v) is 5.58. The van der Waals surface area contributed by atoms with Crippen molar-refractivity contribution in [1.29, 1.82) is 0 Å². The van der Waals surface area contributed by atoms with Crippen molar-refractivity contribution in [1.82, 2.24) is 0 Å². The summed E-state index contributed by atoms with van der Waals surface area (Å²) in [6.07, 6.45) is 0.916. The average Bonchev–Trinajstić information content (AvgIpc) is 2.65. The Kier molecular flexibility index (Phi) is 3.71. The second kappa shape index (κ2) is 5.06. The molecular formula is C11H12ClNO2S. The number of hydrogen-bond donors (Lipinski definition) is 0. The van der Waals surface area contributed by atoms with Crippen LogP contribution < -0.4 is 0 Å². The van der Waals surface area contributed by atoms with Crippen LogP contribution in [0.5, 0.6) is 0 Å². The first-order valence-electron chi connectivity index (χ1n) is 5.12. The first-order valence-corrected chi connectivity index (χ1v) is 6.71. The standard InChI is InChI=1S/C11H12ClNO2S/c12-11-7-16-6-9(11)5-8-1-3-10(4-2-8)13(14)15/h1-4,9,11H,5-7H2. The highest BCUT2D eigenvalue weighted by Gasteiger charge is 2.25. The van der Waals surface area contributed by atoms with Gasteiger partial charge in [0.25, 0.3) is 5.69 Å². The minimum Gasteiger partial charge on any atom is -0.258 e. The molecule has 1 heterocycles. The number of thioether (sulfide) groups is 1. The van der Waals surface area contributed by atoms with E-state index in [1.165, 1.54) is 0 Å². The Morgan fingerprint density at radius 2 is 2.06 bits per heavy atom. The number of benzene rings is 1. The molecule has 0 bridgehead atoms. The van der Waals surface area contributed by atoms with Crippen molar-refractivity contribution in [3.8, 4) is 0 Å². The Morgan fingerprint density at radius 1 is 1.38 bits per heavy atom. The van der Waals surface area contributed by atoms with Crippen LogP contribution in [0.2, 0.25) is 0 Å². The minimum absolute atomic E-state index is 0.145. The maximum absolute atomic E-state index is 10.5. The van der Waals surface area contributed by atoms with Crippen molar-refractivity contribution >= 4 is 29.1 Å². The predicted molar refractivity (Wildman–Crippen MR) is 67.3 cm³/mol. The smallest absolute Gasteiger partial charge is 0.258 e. The molecule has 0 aliphatic carbocycles. The van der Waals surface area contributed by atoms with Crippen LogP contribution >= 0.6 is 23.4 Å². The molecule has 2 atom stereocenters. The fraction of sp³-hybridized carbons (Fsp3) is 0.455. The van der Waals surface area contributed by atoms with Crippen LogP contribution in [0.25, 0.3) is 0 Å². The van der Waals surface area contributed by atoms with E-state index in [-0.39, 0.29) is 16.0 Å². The Hall–Kier alpha value is -0.740. The van der Waals surface area contributed by atoms with Gasteiger partial charge in [0.2, 0.25) is 0 Å². The third-order valence-electron chi connectivity index (χ3n) is 2.77. The summed E-state index contributed by atoms with van der Waals surface area (Å²) in [7, 11) is 0. The number of nitro benzene ring substituents is 1. The SMILES string of the molecule is O=[N+]([O-])c1ccc(CC2CSCC2Cl)cc1. The zero-order chi connectivity index (χ0) is 11.5. The molecular weight excluding hydrogens is 246 g/mol. The maximum atomic E-state index is 10.5. The van der Waals surface area contributed by atoms with E-state index in [1.54, 1.807) is 12.1 Å². The van der Waals surface area contributed by atoms with Crippen molar-refractivity contribution in [3.63, 3.8) is 0 Å². The molecule has 2 unspecified atom stereocenters. The van der Waals surface area contributed by atoms with Crippen LogP contribution in [0.3, 0.4) is 0 Å². The number of halogens is 1. The number of hydrogen-bond acceptors (Lipinski definition) is 3. The van der Waals surface area contributed by atoms with Crippen LogP contribution in [0.15, 0.2) is 24.3 Å². The lowest BCUT2D eigenvalue weighted by Gasteiger charge is -2.12. The first-order chi connectivity index (χ1) is 7.66. The van der Waals surface area contributed by atoms with E-state index in [0.29, 0.717) is 5.92 Å². The Morgan fingerprint density at radius 3 is 2.56 bits per heavy atom. The van der Waals surface area contributed by atoms with Gasteiger partial charge in [0.1, 0.15) is 0 Å². The summed E-state index contributed by atoms with van der Waals surface area (Å²) in [5.74, 6) is 2.60. The van der Waals surface area contributed by atoms with Crippen LogP contribution in [0.1, 0.15) is 5.56 Å². The number of nitrogens with zero attached hydrogens (tertiary/aromatic N) is 1. The van der Waals surface area contributed by atoms with Gasteiger partial charge >= 0.3 is 0 Å². The highest BCUT2D eigenvalue weighted by Crippen LogP contribution is 2.31. The van der Waals surface area contributed by atoms with Gasteiger partial charge in [-0.25, -0.2) is 0 Å². The molecule has 1 aromatic carbocycles. The summed E-state index contributed by atoms with van der Waals surface area (Å²) in [6, 6.07) is 6.76. The highest BCUT2D eigenvalue weighted by molar-refractivity contribution is 7.99. The molecule has 86 valence electrons. The van der Waals surface area contributed by atoms with Crippen molar-refractivity contribution in [2.75, 3.05) is 11.5 Å². The molecule has 2 rings (SSSR count). The molecule has 1 aliphatic heterocycles. The van der Waals surface area contributed by atoms with Gasteiger partial charge in [-0.2, -0.15) is 11.8 Å². The lowest BCUT2D eigenvalue weighted by Crippen LogP contribution is -2.14. The summed E-state index contributed by atoms with van der Waals surface area (Å²) in [5.41, 5.74) is 1.27. The van der Waals surface area contributed by atoms with Crippen molar-refractivity contribution in [2.45, 2.75) is 11.8 Å². The summed E-state index contributed by atoms with van der Waals surface area (Å²) in [5, 5.41) is 10.7. The van der Waals surface area contributed by atoms with Gasteiger partial charge in [-0.05, 0) is 23.7 Å². The van der Waals surface area contributed by atoms with E-state index < -0.39 is 0 Å². The fourth-order valence-electron chi connectivity index (χ4n) is 1.82. The summed E-state index contributed by atoms with van der Waals surface area (Å²) < 4.78 is 0. The molecule has 3 nitrogen and oxygen atoms in total. The van der Waals surface area contributed by atoms with Crippen molar-refractivity contribution in [3.05, 3.63) is 39.9 Å². The van der Waals surface area contributed by atoms with Crippen molar-refractivity contribution < 1.29 is 4.92 Å². The molecule has 0 N–H and O–H groups in total. The molecule has 0 saturated carbocycles. The summed E-state index contributed by atoms with van der Waals surface area (Å²) >= 11 is 8.06. The minimum atomic E-state index is -0.375. The van der Waals surface area contributed by atoms with Crippen LogP contribution in [-0.2, 0) is 6.42 Å². The fourth-order valence-corrected chi connectivity index (χ4v) is 3.65. The van der Waals surface area contributed by atoms with Gasteiger partial charge in [0.05, 0.1) is 4.92 Å². The van der Waals surface area contributed by atoms with Crippen LogP contribution in [0, 0.1) is 16.0 Å². The van der Waals surface area contributed by atoms with E-state index in [9.17, 15) is 10.1 Å². The van der Waals surface area contributed by atoms with Gasteiger partial charge in [-0.15, -0.1) is 11.6 Å². The Labute approximate surface area is 103 Å². The molecule has 1 aliphatic rings. The molecule has 1 aromatic rings. The molecule has 1 fully saturated rings. The van der Waals surface area contributed by atoms with E-state index in [0.717, 1.165) is 23.5 Å². The van der Waals surface area contributed by atoms with Gasteiger partial charge in [0.15, 0.2) is 0 Å². The topological polar surface area (TPSA) is 43.1 Å². The first kappa shape index (κ1) is 11.7. The lowest BCUT2D eigenvalue weighted by atomic mass is 9.98. The average molecular weight is 258 g/mol. The van der Waals surface area contributed by atoms with Gasteiger partial charge in [0, 0.05) is 23.3 Å². The molecule has 16 heavy (non-hydrogen) atoms. The largest absolute Gasteiger partial charge is 0.269 e. The lowest BCUT2D eigenvalue weighted by molar-refractivity contribution is -0.384. The zero-order valence-corrected chi connectivity index (χ0v) is 10.2. The predicted octanol–water partition coefficient (Wildman–Crippen LogP) is 3.11. The van der Waals surface area contributed by atoms with Gasteiger partial charge in [-0.1, -0.05) is 12.1 Å². The third-order valence-corrected chi connectivity index (χ3v) is 4.72. The number of alkyl halides is 1. The van der Waals surface area contributed by atoms with E-state index in [4.69, 9.17) is 11.6 Å². The van der Waals surface area contributed by atoms with Crippen molar-refractivity contribution in [2.24, 2.45) is 5.92 Å². The number of nitro groups is 1. The number of non-ortho nitro benzene ring substituents is 1. The van der Waals surface area contributed by atoms with Gasteiger partial charge < -0.3 is 0 Å². The third kappa shape index (κ3) is 2.68. The molecule has 0 spiro atoms. The zero-order valence-electron chi connectivity index (χ0n) is 8.64. The Bertz CT molecular complexity index is 382. The molecule has 5 heteroatoms. The van der Waals surface area contributed by atoms with Crippen LogP contribution in [0.4, 0.5) is 5.69 Å². The highest BCUT2D eigenvalue weighted by atomic mass is 35.5. The quantitative estimate of drug-likeness (QED) is 0.475. The second-order valence-electron chi connectivity index (χ2n) is 3.94. The van der Waals surface area contributed by atoms with E-state index in [1.807, 2.05) is 23.9 Å². The Balaban J connectivity index is 2.02. The van der Waals surface area contributed by atoms with E-state index >= 15 is 0 Å². The summed E-state index contributed by atoms with van der Waals surface area (Å²) in [4.78, 5) is 10.1. The van der Waals surface area contributed by atoms with Crippen LogP contribution in [-0.4, -0.2) is 21.8 Å². The normalized spacial score (nSPS) is 24.6. The molecule has 0 amide bonds. The molecule has 0 radical (unpaired) electrons. The monoisotopic (exact) mass is 257 g/mol. The van der Waals surface area contributed by atoms with E-state index in [2.05, 4.69) is 0 Å². The van der Waals surface area contributed by atoms with Gasteiger partial charge in [-0.3, -0.25) is 10.1 Å². The number of rotatable bonds is 3. The molecule has 0 aromatic heterocycles. The maximum Gasteiger partial charge on any atom is 0.269 e.